The van der Waals surface area contributed by atoms with Crippen LogP contribution in [0.3, 0.4) is 0 Å². The minimum absolute atomic E-state index is 0.293. The van der Waals surface area contributed by atoms with Gasteiger partial charge in [0.1, 0.15) is 10.3 Å². The van der Waals surface area contributed by atoms with Crippen LogP contribution < -0.4 is 5.73 Å². The summed E-state index contributed by atoms with van der Waals surface area (Å²) in [5.74, 6) is 0.293. The Kier molecular flexibility index (Phi) is 3.12. The molecule has 2 rings (SSSR count). The zero-order valence-electron chi connectivity index (χ0n) is 8.54. The van der Waals surface area contributed by atoms with Crippen LogP contribution in [-0.2, 0) is 0 Å². The highest BCUT2D eigenvalue weighted by Gasteiger charge is 2.10. The van der Waals surface area contributed by atoms with E-state index in [0.717, 1.165) is 11.1 Å². The van der Waals surface area contributed by atoms with Gasteiger partial charge in [-0.15, -0.1) is 0 Å². The average molecular weight is 299 g/mol. The topological polar surface area (TPSA) is 51.8 Å². The average Bonchev–Trinajstić information content (AvgIpc) is 2.23. The second-order valence-corrected chi connectivity index (χ2v) is 4.52. The van der Waals surface area contributed by atoms with Crippen molar-refractivity contribution in [3.8, 4) is 11.3 Å². The van der Waals surface area contributed by atoms with E-state index >= 15 is 0 Å². The van der Waals surface area contributed by atoms with E-state index in [1.165, 1.54) is 0 Å². The lowest BCUT2D eigenvalue weighted by Crippen LogP contribution is -1.97. The molecule has 2 N–H and O–H groups in total. The molecule has 0 aliphatic heterocycles. The molecule has 1 aromatic carbocycles. The van der Waals surface area contributed by atoms with Gasteiger partial charge >= 0.3 is 0 Å². The van der Waals surface area contributed by atoms with Gasteiger partial charge in [-0.2, -0.15) is 0 Å². The number of nitrogens with zero attached hydrogens (tertiary/aromatic N) is 2. The van der Waals surface area contributed by atoms with Gasteiger partial charge in [-0.1, -0.05) is 35.4 Å². The molecule has 82 valence electrons. The van der Waals surface area contributed by atoms with Gasteiger partial charge in [0.25, 0.3) is 0 Å². The third-order valence-electron chi connectivity index (χ3n) is 2.13. The molecule has 5 heteroatoms. The molecule has 1 aromatic heterocycles. The minimum atomic E-state index is 0.293. The normalized spacial score (nSPS) is 10.4. The van der Waals surface area contributed by atoms with Crippen molar-refractivity contribution >= 4 is 33.3 Å². The lowest BCUT2D eigenvalue weighted by Gasteiger charge is -2.06. The van der Waals surface area contributed by atoms with E-state index < -0.39 is 0 Å². The van der Waals surface area contributed by atoms with Crippen LogP contribution in [0.25, 0.3) is 11.3 Å². The van der Waals surface area contributed by atoms with Crippen molar-refractivity contribution in [2.45, 2.75) is 6.92 Å². The maximum atomic E-state index is 6.01. The van der Waals surface area contributed by atoms with Gasteiger partial charge in [0, 0.05) is 5.56 Å². The van der Waals surface area contributed by atoms with Crippen molar-refractivity contribution in [2.24, 2.45) is 0 Å². The first-order chi connectivity index (χ1) is 7.58. The number of aromatic nitrogens is 2. The first kappa shape index (κ1) is 11.4. The molecule has 0 radical (unpaired) electrons. The molecule has 2 aromatic rings. The fraction of sp³-hybridized carbons (Fsp3) is 0.0909. The highest BCUT2D eigenvalue weighted by atomic mass is 79.9. The van der Waals surface area contributed by atoms with Crippen LogP contribution in [0, 0.1) is 6.92 Å². The third kappa shape index (κ3) is 2.18. The monoisotopic (exact) mass is 297 g/mol. The first-order valence-electron chi connectivity index (χ1n) is 4.63. The van der Waals surface area contributed by atoms with Gasteiger partial charge in [0.2, 0.25) is 0 Å². The molecule has 16 heavy (non-hydrogen) atoms. The predicted octanol–water partition coefficient (Wildman–Crippen LogP) is 3.45. The largest absolute Gasteiger partial charge is 0.381 e. The molecule has 1 heterocycles. The standard InChI is InChI=1S/C11H9BrClN3/c1-6-3-2-4-7(5-6)8-10(13)16-11(14)9(12)15-8/h2-5H,1H3,(H2,14,16). The Morgan fingerprint density at radius 1 is 1.31 bits per heavy atom. The number of aryl methyl sites for hydroxylation is 1. The summed E-state index contributed by atoms with van der Waals surface area (Å²) in [6.07, 6.45) is 0. The van der Waals surface area contributed by atoms with Crippen molar-refractivity contribution < 1.29 is 0 Å². The Bertz CT molecular complexity index is 543. The summed E-state index contributed by atoms with van der Waals surface area (Å²) in [5, 5.41) is 0.311. The van der Waals surface area contributed by atoms with Crippen molar-refractivity contribution in [1.82, 2.24) is 9.97 Å². The SMILES string of the molecule is Cc1cccc(-c2nc(Br)c(N)nc2Cl)c1. The number of nitrogens with two attached hydrogens (primary N) is 1. The van der Waals surface area contributed by atoms with Crippen LogP contribution >= 0.6 is 27.5 Å². The molecule has 0 bridgehead atoms. The molecule has 0 saturated heterocycles. The second kappa shape index (κ2) is 4.39. The number of anilines is 1. The second-order valence-electron chi connectivity index (χ2n) is 3.41. The van der Waals surface area contributed by atoms with Gasteiger partial charge in [-0.3, -0.25) is 0 Å². The Balaban J connectivity index is 2.60. The molecule has 0 saturated carbocycles. The van der Waals surface area contributed by atoms with Crippen LogP contribution in [0.2, 0.25) is 5.15 Å². The summed E-state index contributed by atoms with van der Waals surface area (Å²) < 4.78 is 0.508. The minimum Gasteiger partial charge on any atom is -0.381 e. The predicted molar refractivity (Wildman–Crippen MR) is 69.3 cm³/mol. The lowest BCUT2D eigenvalue weighted by molar-refractivity contribution is 1.18. The molecule has 0 atom stereocenters. The quantitative estimate of drug-likeness (QED) is 0.877. The third-order valence-corrected chi connectivity index (χ3v) is 2.97. The van der Waals surface area contributed by atoms with Crippen molar-refractivity contribution in [3.63, 3.8) is 0 Å². The number of hydrogen-bond donors (Lipinski definition) is 1. The van der Waals surface area contributed by atoms with Crippen LogP contribution in [0.1, 0.15) is 5.56 Å². The van der Waals surface area contributed by atoms with Crippen molar-refractivity contribution in [1.29, 1.82) is 0 Å². The summed E-state index contributed by atoms with van der Waals surface area (Å²) in [7, 11) is 0. The molecule has 0 spiro atoms. The zero-order valence-corrected chi connectivity index (χ0v) is 10.9. The van der Waals surface area contributed by atoms with Gasteiger partial charge < -0.3 is 5.73 Å². The highest BCUT2D eigenvalue weighted by Crippen LogP contribution is 2.28. The van der Waals surface area contributed by atoms with Crippen LogP contribution in [0.4, 0.5) is 5.82 Å². The molecule has 0 aliphatic rings. The van der Waals surface area contributed by atoms with E-state index in [2.05, 4.69) is 25.9 Å². The fourth-order valence-electron chi connectivity index (χ4n) is 1.38. The van der Waals surface area contributed by atoms with E-state index in [-0.39, 0.29) is 0 Å². The summed E-state index contributed by atoms with van der Waals surface area (Å²) in [4.78, 5) is 8.29. The number of benzene rings is 1. The van der Waals surface area contributed by atoms with Gasteiger partial charge in [-0.25, -0.2) is 9.97 Å². The molecule has 0 fully saturated rings. The molecule has 0 amide bonds. The molecular formula is C11H9BrClN3. The van der Waals surface area contributed by atoms with E-state index in [1.807, 2.05) is 31.2 Å². The highest BCUT2D eigenvalue weighted by molar-refractivity contribution is 9.10. The summed E-state index contributed by atoms with van der Waals surface area (Å²) >= 11 is 9.25. The smallest absolute Gasteiger partial charge is 0.158 e. The Labute approximate surface area is 107 Å². The van der Waals surface area contributed by atoms with Crippen molar-refractivity contribution in [3.05, 3.63) is 39.6 Å². The van der Waals surface area contributed by atoms with E-state index in [1.54, 1.807) is 0 Å². The molecule has 0 unspecified atom stereocenters. The Hall–Kier alpha value is -1.13. The van der Waals surface area contributed by atoms with E-state index in [4.69, 9.17) is 17.3 Å². The first-order valence-corrected chi connectivity index (χ1v) is 5.80. The number of hydrogen-bond acceptors (Lipinski definition) is 3. The molecule has 3 nitrogen and oxygen atoms in total. The van der Waals surface area contributed by atoms with Crippen LogP contribution in [0.15, 0.2) is 28.9 Å². The van der Waals surface area contributed by atoms with Gasteiger partial charge in [0.05, 0.1) is 0 Å². The zero-order chi connectivity index (χ0) is 11.7. The lowest BCUT2D eigenvalue weighted by atomic mass is 10.1. The number of rotatable bonds is 1. The van der Waals surface area contributed by atoms with E-state index in [0.29, 0.717) is 21.3 Å². The van der Waals surface area contributed by atoms with Crippen LogP contribution in [-0.4, -0.2) is 9.97 Å². The molecule has 0 aliphatic carbocycles. The van der Waals surface area contributed by atoms with E-state index in [9.17, 15) is 0 Å². The van der Waals surface area contributed by atoms with Crippen LogP contribution in [0.5, 0.6) is 0 Å². The maximum absolute atomic E-state index is 6.01. The Morgan fingerprint density at radius 3 is 2.75 bits per heavy atom. The molecular weight excluding hydrogens is 289 g/mol. The van der Waals surface area contributed by atoms with Crippen molar-refractivity contribution in [2.75, 3.05) is 5.73 Å². The van der Waals surface area contributed by atoms with Gasteiger partial charge in [0.15, 0.2) is 11.0 Å². The Morgan fingerprint density at radius 2 is 2.06 bits per heavy atom. The summed E-state index contributed by atoms with van der Waals surface area (Å²) in [6, 6.07) is 7.90. The summed E-state index contributed by atoms with van der Waals surface area (Å²) in [5.41, 5.74) is 8.29. The number of nitrogen functional groups attached to an aromatic ring is 1. The van der Waals surface area contributed by atoms with Gasteiger partial charge in [-0.05, 0) is 28.9 Å². The summed E-state index contributed by atoms with van der Waals surface area (Å²) in [6.45, 7) is 2.01. The fourth-order valence-corrected chi connectivity index (χ4v) is 1.89. The number of halogens is 2. The maximum Gasteiger partial charge on any atom is 0.158 e.